The molecular formula is C13H15N3O3S2. The summed E-state index contributed by atoms with van der Waals surface area (Å²) in [6, 6.07) is 8.26. The zero-order valence-corrected chi connectivity index (χ0v) is 12.9. The van der Waals surface area contributed by atoms with E-state index in [1.54, 1.807) is 18.2 Å². The second-order valence-corrected chi connectivity index (χ2v) is 6.52. The second kappa shape index (κ2) is 6.25. The summed E-state index contributed by atoms with van der Waals surface area (Å²) in [4.78, 5) is 12.8. The minimum Gasteiger partial charge on any atom is -0.321 e. The van der Waals surface area contributed by atoms with Crippen molar-refractivity contribution in [1.82, 2.24) is 0 Å². The number of carbonyl (C=O) groups excluding carboxylic acids is 1. The fourth-order valence-electron chi connectivity index (χ4n) is 1.83. The van der Waals surface area contributed by atoms with Gasteiger partial charge in [0.2, 0.25) is 0 Å². The molecule has 0 atom stereocenters. The number of amides is 1. The summed E-state index contributed by atoms with van der Waals surface area (Å²) in [5.74, 6) is -0.213. The molecule has 0 spiro atoms. The van der Waals surface area contributed by atoms with Crippen molar-refractivity contribution in [3.05, 3.63) is 46.2 Å². The van der Waals surface area contributed by atoms with Crippen molar-refractivity contribution in [2.75, 3.05) is 10.0 Å². The molecule has 0 aliphatic heterocycles. The first-order chi connectivity index (χ1) is 9.89. The van der Waals surface area contributed by atoms with Crippen LogP contribution in [0.15, 0.2) is 35.7 Å². The highest BCUT2D eigenvalue weighted by molar-refractivity contribution is 7.90. The van der Waals surface area contributed by atoms with Crippen molar-refractivity contribution in [1.29, 1.82) is 0 Å². The fourth-order valence-corrected chi connectivity index (χ4v) is 3.17. The van der Waals surface area contributed by atoms with Crippen LogP contribution in [0.5, 0.6) is 0 Å². The van der Waals surface area contributed by atoms with E-state index in [9.17, 15) is 13.2 Å². The first-order valence-corrected chi connectivity index (χ1v) is 8.60. The predicted molar refractivity (Wildman–Crippen MR) is 84.8 cm³/mol. The maximum Gasteiger partial charge on any atom is 0.296 e. The van der Waals surface area contributed by atoms with E-state index in [-0.39, 0.29) is 11.6 Å². The number of benzene rings is 1. The summed E-state index contributed by atoms with van der Waals surface area (Å²) in [7, 11) is -3.84. The number of hydrogen-bond acceptors (Lipinski definition) is 4. The van der Waals surface area contributed by atoms with Gasteiger partial charge in [0, 0.05) is 5.69 Å². The SMILES string of the molecule is CCc1ccsc1C(=O)Nc1cccc(NS(N)(=O)=O)c1. The van der Waals surface area contributed by atoms with Crippen molar-refractivity contribution >= 4 is 38.8 Å². The van der Waals surface area contributed by atoms with Crippen molar-refractivity contribution in [2.45, 2.75) is 13.3 Å². The van der Waals surface area contributed by atoms with Crippen LogP contribution in [0.1, 0.15) is 22.2 Å². The number of rotatable bonds is 5. The number of carbonyl (C=O) groups is 1. The van der Waals surface area contributed by atoms with Crippen LogP contribution in [-0.2, 0) is 16.6 Å². The molecule has 21 heavy (non-hydrogen) atoms. The van der Waals surface area contributed by atoms with Gasteiger partial charge < -0.3 is 5.32 Å². The van der Waals surface area contributed by atoms with Gasteiger partial charge in [0.15, 0.2) is 0 Å². The predicted octanol–water partition coefficient (Wildman–Crippen LogP) is 2.18. The molecule has 1 aromatic heterocycles. The van der Waals surface area contributed by atoms with E-state index >= 15 is 0 Å². The van der Waals surface area contributed by atoms with Gasteiger partial charge in [-0.05, 0) is 41.6 Å². The molecular weight excluding hydrogens is 310 g/mol. The van der Waals surface area contributed by atoms with Gasteiger partial charge in [0.1, 0.15) is 0 Å². The molecule has 8 heteroatoms. The molecule has 0 aliphatic carbocycles. The molecule has 1 heterocycles. The zero-order chi connectivity index (χ0) is 15.5. The Morgan fingerprint density at radius 2 is 2.00 bits per heavy atom. The Kier molecular flexibility index (Phi) is 4.61. The van der Waals surface area contributed by atoms with Crippen LogP contribution in [0.2, 0.25) is 0 Å². The first kappa shape index (κ1) is 15.5. The summed E-state index contributed by atoms with van der Waals surface area (Å²) in [5.41, 5.74) is 1.76. The number of anilines is 2. The molecule has 0 saturated carbocycles. The molecule has 0 fully saturated rings. The third kappa shape index (κ3) is 4.28. The summed E-state index contributed by atoms with van der Waals surface area (Å²) >= 11 is 1.37. The highest BCUT2D eigenvalue weighted by Gasteiger charge is 2.12. The third-order valence-electron chi connectivity index (χ3n) is 2.71. The minimum atomic E-state index is -3.84. The van der Waals surface area contributed by atoms with Crippen molar-refractivity contribution in [2.24, 2.45) is 5.14 Å². The molecule has 112 valence electrons. The smallest absolute Gasteiger partial charge is 0.296 e. The lowest BCUT2D eigenvalue weighted by Crippen LogP contribution is -2.21. The molecule has 0 saturated heterocycles. The normalized spacial score (nSPS) is 11.1. The Hall–Kier alpha value is -1.90. The summed E-state index contributed by atoms with van der Waals surface area (Å²) in [6.07, 6.45) is 0.777. The van der Waals surface area contributed by atoms with Gasteiger partial charge in [-0.2, -0.15) is 8.42 Å². The second-order valence-electron chi connectivity index (χ2n) is 4.31. The summed E-state index contributed by atoms with van der Waals surface area (Å²) in [5, 5.41) is 9.52. The highest BCUT2D eigenvalue weighted by Crippen LogP contribution is 2.21. The quantitative estimate of drug-likeness (QED) is 0.785. The van der Waals surface area contributed by atoms with E-state index in [1.165, 1.54) is 17.4 Å². The molecule has 0 radical (unpaired) electrons. The van der Waals surface area contributed by atoms with Gasteiger partial charge in [-0.15, -0.1) is 11.3 Å². The maximum absolute atomic E-state index is 12.2. The Morgan fingerprint density at radius 3 is 2.67 bits per heavy atom. The van der Waals surface area contributed by atoms with E-state index in [2.05, 4.69) is 10.0 Å². The molecule has 1 aromatic carbocycles. The Morgan fingerprint density at radius 1 is 1.29 bits per heavy atom. The Balaban J connectivity index is 2.16. The van der Waals surface area contributed by atoms with Crippen molar-refractivity contribution in [3.63, 3.8) is 0 Å². The van der Waals surface area contributed by atoms with Crippen molar-refractivity contribution < 1.29 is 13.2 Å². The number of nitrogens with two attached hydrogens (primary N) is 1. The van der Waals surface area contributed by atoms with Gasteiger partial charge in [0.05, 0.1) is 10.6 Å². The molecule has 0 bridgehead atoms. The molecule has 6 nitrogen and oxygen atoms in total. The number of nitrogens with one attached hydrogen (secondary N) is 2. The maximum atomic E-state index is 12.2. The lowest BCUT2D eigenvalue weighted by Gasteiger charge is -2.08. The van der Waals surface area contributed by atoms with Gasteiger partial charge in [-0.25, -0.2) is 5.14 Å². The zero-order valence-electron chi connectivity index (χ0n) is 11.3. The molecule has 1 amide bonds. The van der Waals surface area contributed by atoms with Crippen LogP contribution in [-0.4, -0.2) is 14.3 Å². The van der Waals surface area contributed by atoms with Crippen LogP contribution < -0.4 is 15.2 Å². The molecule has 0 aliphatic rings. The summed E-state index contributed by atoms with van der Waals surface area (Å²) in [6.45, 7) is 1.98. The topological polar surface area (TPSA) is 101 Å². The van der Waals surface area contributed by atoms with Gasteiger partial charge >= 0.3 is 0 Å². The highest BCUT2D eigenvalue weighted by atomic mass is 32.2. The average Bonchev–Trinajstić information content (AvgIpc) is 2.85. The number of thiophene rings is 1. The molecule has 4 N–H and O–H groups in total. The lowest BCUT2D eigenvalue weighted by molar-refractivity contribution is 0.103. The largest absolute Gasteiger partial charge is 0.321 e. The first-order valence-electron chi connectivity index (χ1n) is 6.17. The van der Waals surface area contributed by atoms with Gasteiger partial charge in [-0.1, -0.05) is 13.0 Å². The van der Waals surface area contributed by atoms with Crippen LogP contribution in [0.4, 0.5) is 11.4 Å². The van der Waals surface area contributed by atoms with E-state index < -0.39 is 10.2 Å². The van der Waals surface area contributed by atoms with E-state index in [0.29, 0.717) is 10.6 Å². The van der Waals surface area contributed by atoms with E-state index in [1.807, 2.05) is 18.4 Å². The summed E-state index contributed by atoms with van der Waals surface area (Å²) < 4.78 is 24.1. The van der Waals surface area contributed by atoms with Crippen LogP contribution in [0, 0.1) is 0 Å². The standard InChI is InChI=1S/C13H15N3O3S2/c1-2-9-6-7-20-12(9)13(17)15-10-4-3-5-11(8-10)16-21(14,18)19/h3-8,16H,2H2,1H3,(H,15,17)(H2,14,18,19). The fraction of sp³-hybridized carbons (Fsp3) is 0.154. The Bertz CT molecular complexity index is 754. The average molecular weight is 325 g/mol. The van der Waals surface area contributed by atoms with Crippen LogP contribution >= 0.6 is 11.3 Å². The monoisotopic (exact) mass is 325 g/mol. The van der Waals surface area contributed by atoms with Gasteiger partial charge in [0.25, 0.3) is 16.1 Å². The van der Waals surface area contributed by atoms with Crippen LogP contribution in [0.3, 0.4) is 0 Å². The third-order valence-corrected chi connectivity index (χ3v) is 4.19. The molecule has 2 rings (SSSR count). The Labute approximate surface area is 127 Å². The van der Waals surface area contributed by atoms with Gasteiger partial charge in [-0.3, -0.25) is 9.52 Å². The lowest BCUT2D eigenvalue weighted by atomic mass is 10.2. The molecule has 2 aromatic rings. The van der Waals surface area contributed by atoms with E-state index in [0.717, 1.165) is 12.0 Å². The van der Waals surface area contributed by atoms with Crippen LogP contribution in [0.25, 0.3) is 0 Å². The minimum absolute atomic E-state index is 0.213. The number of hydrogen-bond donors (Lipinski definition) is 3. The van der Waals surface area contributed by atoms with Crippen molar-refractivity contribution in [3.8, 4) is 0 Å². The molecule has 0 unspecified atom stereocenters. The number of aryl methyl sites for hydroxylation is 1. The van der Waals surface area contributed by atoms with E-state index in [4.69, 9.17) is 5.14 Å².